The summed E-state index contributed by atoms with van der Waals surface area (Å²) in [4.78, 5) is 26.1. The summed E-state index contributed by atoms with van der Waals surface area (Å²) in [5.74, 6) is -0.959. The van der Waals surface area contributed by atoms with Gasteiger partial charge in [-0.15, -0.1) is 0 Å². The topological polar surface area (TPSA) is 117 Å². The number of aliphatic hydroxyl groups excluding tert-OH is 3. The van der Waals surface area contributed by atoms with Gasteiger partial charge in [0.2, 0.25) is 0 Å². The maximum Gasteiger partial charge on any atom is 0.343 e. The van der Waals surface area contributed by atoms with Gasteiger partial charge in [0.1, 0.15) is 11.5 Å². The molecule has 0 radical (unpaired) electrons. The third-order valence-corrected chi connectivity index (χ3v) is 7.37. The van der Waals surface area contributed by atoms with Crippen LogP contribution in [0, 0.1) is 19.8 Å². The van der Waals surface area contributed by atoms with E-state index in [1.54, 1.807) is 24.3 Å². The number of aliphatic hydroxyl groups is 3. The number of aryl methyl sites for hydroxylation is 2. The van der Waals surface area contributed by atoms with Crippen molar-refractivity contribution in [2.24, 2.45) is 5.92 Å². The molecular weight excluding hydrogens is 534 g/mol. The Morgan fingerprint density at radius 1 is 0.833 bits per heavy atom. The summed E-state index contributed by atoms with van der Waals surface area (Å²) in [6, 6.07) is 23.7. The zero-order chi connectivity index (χ0) is 30.5. The van der Waals surface area contributed by atoms with Crippen LogP contribution in [0.15, 0.2) is 78.9 Å². The van der Waals surface area contributed by atoms with Crippen molar-refractivity contribution in [3.8, 4) is 11.5 Å². The number of unbranched alkanes of at least 4 members (excludes halogenated alkanes) is 1. The van der Waals surface area contributed by atoms with Crippen LogP contribution >= 0.6 is 0 Å². The number of benzene rings is 3. The molecule has 1 saturated heterocycles. The van der Waals surface area contributed by atoms with Crippen LogP contribution in [0.25, 0.3) is 0 Å². The summed E-state index contributed by atoms with van der Waals surface area (Å²) in [6.45, 7) is 9.69. The number of esters is 2. The van der Waals surface area contributed by atoms with Crippen LogP contribution in [-0.2, 0) is 9.59 Å². The fourth-order valence-electron chi connectivity index (χ4n) is 4.84. The molecule has 1 aliphatic heterocycles. The van der Waals surface area contributed by atoms with Gasteiger partial charge in [-0.1, -0.05) is 79.1 Å². The van der Waals surface area contributed by atoms with Crippen molar-refractivity contribution >= 4 is 11.9 Å². The molecular formula is C34H43NO7. The second-order valence-electron chi connectivity index (χ2n) is 10.8. The van der Waals surface area contributed by atoms with Gasteiger partial charge in [0, 0.05) is 19.1 Å². The molecule has 4 rings (SSSR count). The van der Waals surface area contributed by atoms with E-state index >= 15 is 0 Å². The van der Waals surface area contributed by atoms with Crippen LogP contribution in [0.1, 0.15) is 48.8 Å². The molecule has 0 bridgehead atoms. The summed E-state index contributed by atoms with van der Waals surface area (Å²) in [7, 11) is 0. The smallest absolute Gasteiger partial charge is 0.343 e. The van der Waals surface area contributed by atoms with Gasteiger partial charge in [0.25, 0.3) is 0 Å². The Balaban J connectivity index is 0.000000240. The number of hydrogen-bond donors (Lipinski definition) is 3. The average molecular weight is 578 g/mol. The molecule has 4 atom stereocenters. The van der Waals surface area contributed by atoms with Crippen LogP contribution in [0.4, 0.5) is 0 Å². The Morgan fingerprint density at radius 3 is 1.79 bits per heavy atom. The Kier molecular flexibility index (Phi) is 13.2. The molecule has 0 saturated carbocycles. The van der Waals surface area contributed by atoms with E-state index in [2.05, 4.69) is 42.2 Å². The first-order chi connectivity index (χ1) is 20.2. The van der Waals surface area contributed by atoms with Crippen molar-refractivity contribution in [3.63, 3.8) is 0 Å². The predicted molar refractivity (Wildman–Crippen MR) is 161 cm³/mol. The van der Waals surface area contributed by atoms with E-state index in [0.717, 1.165) is 17.7 Å². The number of piperidine rings is 1. The minimum absolute atomic E-state index is 0.198. The van der Waals surface area contributed by atoms with E-state index in [9.17, 15) is 24.9 Å². The lowest BCUT2D eigenvalue weighted by Gasteiger charge is -2.38. The SMILES string of the molecule is CCCCN1CC[C@@H](c2ccccc2)[C@H](CO)C1.Cc1ccc(OC(=O)C(O)C(O)C(=O)Oc2ccc(C)cc2)cc1. The summed E-state index contributed by atoms with van der Waals surface area (Å²) in [5, 5.41) is 29.2. The summed E-state index contributed by atoms with van der Waals surface area (Å²) in [5.41, 5.74) is 3.33. The molecule has 226 valence electrons. The van der Waals surface area contributed by atoms with E-state index in [-0.39, 0.29) is 11.5 Å². The van der Waals surface area contributed by atoms with Crippen LogP contribution in [0.3, 0.4) is 0 Å². The van der Waals surface area contributed by atoms with Crippen LogP contribution in [-0.4, -0.2) is 70.6 Å². The van der Waals surface area contributed by atoms with E-state index in [4.69, 9.17) is 9.47 Å². The summed E-state index contributed by atoms with van der Waals surface area (Å²) < 4.78 is 9.82. The van der Waals surface area contributed by atoms with Crippen molar-refractivity contribution in [2.45, 2.75) is 58.2 Å². The second kappa shape index (κ2) is 16.8. The minimum atomic E-state index is -2.05. The summed E-state index contributed by atoms with van der Waals surface area (Å²) in [6.07, 6.45) is -0.399. The number of hydrogen-bond acceptors (Lipinski definition) is 8. The maximum absolute atomic E-state index is 11.8. The van der Waals surface area contributed by atoms with E-state index in [1.165, 1.54) is 62.2 Å². The quantitative estimate of drug-likeness (QED) is 0.240. The van der Waals surface area contributed by atoms with Crippen LogP contribution < -0.4 is 9.47 Å². The fourth-order valence-corrected chi connectivity index (χ4v) is 4.84. The van der Waals surface area contributed by atoms with Crippen molar-refractivity contribution in [2.75, 3.05) is 26.2 Å². The summed E-state index contributed by atoms with van der Waals surface area (Å²) >= 11 is 0. The molecule has 3 aromatic rings. The molecule has 3 aromatic carbocycles. The Morgan fingerprint density at radius 2 is 1.33 bits per heavy atom. The van der Waals surface area contributed by atoms with E-state index in [0.29, 0.717) is 18.4 Å². The third kappa shape index (κ3) is 10.1. The van der Waals surface area contributed by atoms with Crippen LogP contribution in [0.5, 0.6) is 11.5 Å². The predicted octanol–water partition coefficient (Wildman–Crippen LogP) is 4.42. The van der Waals surface area contributed by atoms with Gasteiger partial charge < -0.3 is 29.7 Å². The first kappa shape index (κ1) is 32.9. The monoisotopic (exact) mass is 577 g/mol. The highest BCUT2D eigenvalue weighted by molar-refractivity contribution is 5.87. The molecule has 1 fully saturated rings. The molecule has 0 spiro atoms. The van der Waals surface area contributed by atoms with Gasteiger partial charge in [0.05, 0.1) is 0 Å². The Bertz CT molecular complexity index is 1170. The molecule has 42 heavy (non-hydrogen) atoms. The van der Waals surface area contributed by atoms with Crippen LogP contribution in [0.2, 0.25) is 0 Å². The molecule has 0 aromatic heterocycles. The molecule has 3 N–H and O–H groups in total. The lowest BCUT2D eigenvalue weighted by Crippen LogP contribution is -2.43. The zero-order valence-electron chi connectivity index (χ0n) is 24.7. The number of ether oxygens (including phenoxy) is 2. The van der Waals surface area contributed by atoms with Gasteiger partial charge in [-0.25, -0.2) is 9.59 Å². The number of carbonyl (C=O) groups is 2. The van der Waals surface area contributed by atoms with Crippen molar-refractivity contribution in [1.82, 2.24) is 4.90 Å². The molecule has 1 heterocycles. The Hall–Kier alpha value is -3.56. The molecule has 8 heteroatoms. The van der Waals surface area contributed by atoms with Gasteiger partial charge in [-0.3, -0.25) is 0 Å². The highest BCUT2D eigenvalue weighted by atomic mass is 16.6. The van der Waals surface area contributed by atoms with Crippen molar-refractivity contribution in [3.05, 3.63) is 95.6 Å². The number of carbonyl (C=O) groups excluding carboxylic acids is 2. The zero-order valence-corrected chi connectivity index (χ0v) is 24.7. The number of rotatable bonds is 10. The van der Waals surface area contributed by atoms with Gasteiger partial charge in [-0.05, 0) is 75.5 Å². The van der Waals surface area contributed by atoms with Gasteiger partial charge >= 0.3 is 11.9 Å². The molecule has 8 nitrogen and oxygen atoms in total. The molecule has 0 amide bonds. The standard InChI is InChI=1S/C18H18O6.C16H25NO/c1-11-3-7-13(8-4-11)23-17(21)15(19)16(20)18(22)24-14-9-5-12(2)6-10-14;1-2-3-10-17-11-9-16(15(12-17)13-18)14-7-5-4-6-8-14/h3-10,15-16,19-20H,1-2H3;4-8,15-16,18H,2-3,9-13H2,1H3/t;15-,16-/m.0/s1. The van der Waals surface area contributed by atoms with E-state index in [1.807, 2.05) is 13.8 Å². The highest BCUT2D eigenvalue weighted by Gasteiger charge is 2.33. The maximum atomic E-state index is 11.8. The molecule has 1 aliphatic rings. The molecule has 2 unspecified atom stereocenters. The lowest BCUT2D eigenvalue weighted by molar-refractivity contribution is -0.162. The van der Waals surface area contributed by atoms with Gasteiger partial charge in [0.15, 0.2) is 12.2 Å². The first-order valence-electron chi connectivity index (χ1n) is 14.5. The number of likely N-dealkylation sites (tertiary alicyclic amines) is 1. The average Bonchev–Trinajstić information content (AvgIpc) is 3.02. The second-order valence-corrected chi connectivity index (χ2v) is 10.8. The highest BCUT2D eigenvalue weighted by Crippen LogP contribution is 2.32. The minimum Gasteiger partial charge on any atom is -0.425 e. The fraction of sp³-hybridized carbons (Fsp3) is 0.412. The normalized spacial score (nSPS) is 18.2. The Labute approximate surface area is 248 Å². The van der Waals surface area contributed by atoms with Gasteiger partial charge in [-0.2, -0.15) is 0 Å². The van der Waals surface area contributed by atoms with Crippen molar-refractivity contribution in [1.29, 1.82) is 0 Å². The lowest BCUT2D eigenvalue weighted by atomic mass is 9.81. The third-order valence-electron chi connectivity index (χ3n) is 7.37. The largest absolute Gasteiger partial charge is 0.425 e. The molecule has 0 aliphatic carbocycles. The van der Waals surface area contributed by atoms with Crippen molar-refractivity contribution < 1.29 is 34.4 Å². The first-order valence-corrected chi connectivity index (χ1v) is 14.5. The number of nitrogens with zero attached hydrogens (tertiary/aromatic N) is 1. The van der Waals surface area contributed by atoms with E-state index < -0.39 is 24.1 Å².